The molecule has 0 bridgehead atoms. The number of amides is 1. The van der Waals surface area contributed by atoms with Crippen LogP contribution in [0.3, 0.4) is 0 Å². The van der Waals surface area contributed by atoms with Crippen LogP contribution in [0.1, 0.15) is 19.4 Å². The predicted octanol–water partition coefficient (Wildman–Crippen LogP) is 3.77. The average molecular weight is 521 g/mol. The largest absolute Gasteiger partial charge is 0.495 e. The first-order valence-electron chi connectivity index (χ1n) is 11.8. The molecule has 0 saturated heterocycles. The number of hydrogen-bond donors (Lipinski definition) is 1. The van der Waals surface area contributed by atoms with E-state index in [2.05, 4.69) is 20.3 Å². The van der Waals surface area contributed by atoms with Gasteiger partial charge in [-0.2, -0.15) is 0 Å². The van der Waals surface area contributed by atoms with Crippen LogP contribution in [0.2, 0.25) is 5.02 Å². The number of nitrogens with zero attached hydrogens (tertiary/aromatic N) is 5. The van der Waals surface area contributed by atoms with Crippen LogP contribution in [0.15, 0.2) is 53.7 Å². The van der Waals surface area contributed by atoms with E-state index in [1.807, 2.05) is 51.0 Å². The van der Waals surface area contributed by atoms with E-state index in [1.165, 1.54) is 11.7 Å². The second kappa shape index (κ2) is 11.1. The van der Waals surface area contributed by atoms with Gasteiger partial charge in [0.05, 0.1) is 18.7 Å². The lowest BCUT2D eigenvalue weighted by atomic mass is 10.0. The summed E-state index contributed by atoms with van der Waals surface area (Å²) in [5.74, 6) is 0.476. The molecule has 3 aromatic heterocycles. The van der Waals surface area contributed by atoms with Crippen molar-refractivity contribution in [2.75, 3.05) is 21.2 Å². The van der Waals surface area contributed by atoms with Crippen molar-refractivity contribution in [2.24, 2.45) is 0 Å². The van der Waals surface area contributed by atoms with Crippen LogP contribution in [0.5, 0.6) is 5.75 Å². The number of rotatable bonds is 8. The van der Waals surface area contributed by atoms with Crippen LogP contribution < -0.4 is 15.6 Å². The third-order valence-corrected chi connectivity index (χ3v) is 5.78. The normalized spacial score (nSPS) is 11.4. The molecule has 1 aromatic carbocycles. The van der Waals surface area contributed by atoms with Gasteiger partial charge in [0.25, 0.3) is 5.56 Å². The summed E-state index contributed by atoms with van der Waals surface area (Å²) in [5, 5.41) is 3.72. The van der Waals surface area contributed by atoms with E-state index in [0.29, 0.717) is 28.3 Å². The molecule has 0 unspecified atom stereocenters. The minimum absolute atomic E-state index is 0.0778. The minimum Gasteiger partial charge on any atom is -0.495 e. The standard InChI is InChI=1S/C27H29ClN6O3/c1-16(2)31-24(35)15-34-26(20-9-22(37-5)13-29-11-20)32-25-23(27(34)36)10-19(12-30-25)18-6-17(14-33(3)4)7-21(28)8-18/h6-13,16H,14-15H2,1-5H3,(H,31,35). The first-order valence-corrected chi connectivity index (χ1v) is 12.2. The first kappa shape index (κ1) is 26.2. The lowest BCUT2D eigenvalue weighted by Crippen LogP contribution is -2.37. The Bertz CT molecular complexity index is 1520. The number of hydrogen-bond acceptors (Lipinski definition) is 7. The molecule has 3 heterocycles. The van der Waals surface area contributed by atoms with E-state index in [9.17, 15) is 9.59 Å². The first-order chi connectivity index (χ1) is 17.6. The highest BCUT2D eigenvalue weighted by Crippen LogP contribution is 2.27. The highest BCUT2D eigenvalue weighted by Gasteiger charge is 2.18. The van der Waals surface area contributed by atoms with Crippen molar-refractivity contribution >= 4 is 28.5 Å². The molecular weight excluding hydrogens is 492 g/mol. The number of nitrogens with one attached hydrogen (secondary N) is 1. The van der Waals surface area contributed by atoms with E-state index >= 15 is 0 Å². The highest BCUT2D eigenvalue weighted by molar-refractivity contribution is 6.31. The molecule has 4 rings (SSSR count). The SMILES string of the molecule is COc1cncc(-c2nc3ncc(-c4cc(Cl)cc(CN(C)C)c4)cc3c(=O)n2CC(=O)NC(C)C)c1. The van der Waals surface area contributed by atoms with Gasteiger partial charge < -0.3 is 15.0 Å². The summed E-state index contributed by atoms with van der Waals surface area (Å²) >= 11 is 6.39. The number of ether oxygens (including phenoxy) is 1. The maximum absolute atomic E-state index is 13.8. The summed E-state index contributed by atoms with van der Waals surface area (Å²) in [4.78, 5) is 41.9. The Morgan fingerprint density at radius 1 is 1.08 bits per heavy atom. The van der Waals surface area contributed by atoms with Crippen LogP contribution in [0.4, 0.5) is 0 Å². The highest BCUT2D eigenvalue weighted by atomic mass is 35.5. The molecule has 0 fully saturated rings. The Morgan fingerprint density at radius 2 is 1.86 bits per heavy atom. The second-order valence-electron chi connectivity index (χ2n) is 9.34. The van der Waals surface area contributed by atoms with Gasteiger partial charge in [-0.25, -0.2) is 9.97 Å². The zero-order valence-electron chi connectivity index (χ0n) is 21.4. The smallest absolute Gasteiger partial charge is 0.263 e. The zero-order valence-corrected chi connectivity index (χ0v) is 22.2. The molecule has 0 aliphatic heterocycles. The lowest BCUT2D eigenvalue weighted by Gasteiger charge is -2.15. The summed E-state index contributed by atoms with van der Waals surface area (Å²) in [6.45, 7) is 4.22. The fourth-order valence-corrected chi connectivity index (χ4v) is 4.33. The molecule has 0 saturated carbocycles. The van der Waals surface area contributed by atoms with Crippen LogP contribution in [-0.4, -0.2) is 57.6 Å². The number of fused-ring (bicyclic) bond motifs is 1. The van der Waals surface area contributed by atoms with Crippen LogP contribution in [0, 0.1) is 0 Å². The van der Waals surface area contributed by atoms with Gasteiger partial charge in [0.15, 0.2) is 5.65 Å². The van der Waals surface area contributed by atoms with Gasteiger partial charge >= 0.3 is 0 Å². The Labute approximate surface area is 220 Å². The van der Waals surface area contributed by atoms with Crippen LogP contribution in [-0.2, 0) is 17.9 Å². The van der Waals surface area contributed by atoms with Crippen molar-refractivity contribution in [2.45, 2.75) is 33.0 Å². The van der Waals surface area contributed by atoms with Crippen molar-refractivity contribution in [3.05, 3.63) is 69.9 Å². The summed E-state index contributed by atoms with van der Waals surface area (Å²) in [7, 11) is 5.50. The zero-order chi connectivity index (χ0) is 26.7. The third-order valence-electron chi connectivity index (χ3n) is 5.56. The number of methoxy groups -OCH3 is 1. The molecule has 0 radical (unpaired) electrons. The molecule has 0 aliphatic carbocycles. The van der Waals surface area contributed by atoms with E-state index in [1.54, 1.807) is 30.7 Å². The Hall–Kier alpha value is -3.82. The molecule has 0 aliphatic rings. The molecule has 0 spiro atoms. The summed E-state index contributed by atoms with van der Waals surface area (Å²) < 4.78 is 6.63. The van der Waals surface area contributed by atoms with Crippen molar-refractivity contribution < 1.29 is 9.53 Å². The number of halogens is 1. The number of carbonyl (C=O) groups is 1. The minimum atomic E-state index is -0.383. The Kier molecular flexibility index (Phi) is 7.85. The summed E-state index contributed by atoms with van der Waals surface area (Å²) in [6.07, 6.45) is 4.79. The molecule has 9 nitrogen and oxygen atoms in total. The Balaban J connectivity index is 1.89. The molecule has 1 amide bonds. The van der Waals surface area contributed by atoms with Gasteiger partial charge in [-0.05, 0) is 69.4 Å². The van der Waals surface area contributed by atoms with Crippen molar-refractivity contribution in [1.82, 2.24) is 29.7 Å². The van der Waals surface area contributed by atoms with Crippen molar-refractivity contribution in [3.8, 4) is 28.3 Å². The van der Waals surface area contributed by atoms with E-state index in [-0.39, 0.29) is 35.5 Å². The van der Waals surface area contributed by atoms with Crippen molar-refractivity contribution in [3.63, 3.8) is 0 Å². The van der Waals surface area contributed by atoms with E-state index in [0.717, 1.165) is 16.7 Å². The molecule has 4 aromatic rings. The molecule has 192 valence electrons. The van der Waals surface area contributed by atoms with Crippen LogP contribution in [0.25, 0.3) is 33.5 Å². The fourth-order valence-electron chi connectivity index (χ4n) is 4.07. The number of benzene rings is 1. The number of aromatic nitrogens is 4. The summed E-state index contributed by atoms with van der Waals surface area (Å²) in [5.41, 5.74) is 3.01. The molecule has 37 heavy (non-hydrogen) atoms. The molecule has 10 heteroatoms. The van der Waals surface area contributed by atoms with Crippen LogP contribution >= 0.6 is 11.6 Å². The van der Waals surface area contributed by atoms with Gasteiger partial charge in [0, 0.05) is 41.1 Å². The van der Waals surface area contributed by atoms with Gasteiger partial charge in [-0.1, -0.05) is 11.6 Å². The lowest BCUT2D eigenvalue weighted by molar-refractivity contribution is -0.122. The average Bonchev–Trinajstić information content (AvgIpc) is 2.84. The fraction of sp³-hybridized carbons (Fsp3) is 0.296. The second-order valence-corrected chi connectivity index (χ2v) is 9.78. The Morgan fingerprint density at radius 3 is 2.57 bits per heavy atom. The van der Waals surface area contributed by atoms with Gasteiger partial charge in [-0.15, -0.1) is 0 Å². The van der Waals surface area contributed by atoms with Crippen molar-refractivity contribution in [1.29, 1.82) is 0 Å². The van der Waals surface area contributed by atoms with E-state index < -0.39 is 0 Å². The number of pyridine rings is 2. The maximum atomic E-state index is 13.8. The van der Waals surface area contributed by atoms with Gasteiger partial charge in [0.1, 0.15) is 18.1 Å². The number of carbonyl (C=O) groups excluding carboxylic acids is 1. The van der Waals surface area contributed by atoms with Gasteiger partial charge in [0.2, 0.25) is 5.91 Å². The third kappa shape index (κ3) is 6.12. The molecular formula is C27H29ClN6O3. The van der Waals surface area contributed by atoms with Gasteiger partial charge in [-0.3, -0.25) is 19.1 Å². The molecule has 1 N–H and O–H groups in total. The maximum Gasteiger partial charge on any atom is 0.263 e. The quantitative estimate of drug-likeness (QED) is 0.377. The van der Waals surface area contributed by atoms with E-state index in [4.69, 9.17) is 16.3 Å². The predicted molar refractivity (Wildman–Crippen MR) is 145 cm³/mol. The topological polar surface area (TPSA) is 102 Å². The molecule has 0 atom stereocenters. The summed E-state index contributed by atoms with van der Waals surface area (Å²) in [6, 6.07) is 9.15. The monoisotopic (exact) mass is 520 g/mol.